The molecule has 0 atom stereocenters. The Morgan fingerprint density at radius 1 is 1.10 bits per heavy atom. The van der Waals surface area contributed by atoms with E-state index in [1.165, 1.54) is 5.56 Å². The summed E-state index contributed by atoms with van der Waals surface area (Å²) in [6.07, 6.45) is 1.81. The molecule has 0 bridgehead atoms. The number of piperazine rings is 1. The number of aryl methyl sites for hydroxylation is 3. The number of nitrogens with zero attached hydrogens (tertiary/aromatic N) is 4. The number of carbonyl (C=O) groups excluding carboxylic acids is 1. The minimum atomic E-state index is -0.103. The van der Waals surface area contributed by atoms with Gasteiger partial charge in [-0.15, -0.1) is 0 Å². The van der Waals surface area contributed by atoms with Crippen LogP contribution in [0.25, 0.3) is 0 Å². The van der Waals surface area contributed by atoms with Crippen LogP contribution in [-0.4, -0.2) is 52.0 Å². The highest BCUT2D eigenvalue weighted by Gasteiger charge is 2.28. The number of benzene rings is 1. The van der Waals surface area contributed by atoms with Crippen LogP contribution in [0.2, 0.25) is 0 Å². The van der Waals surface area contributed by atoms with Crippen molar-refractivity contribution in [3.05, 3.63) is 76.4 Å². The molecule has 0 spiro atoms. The molecule has 2 aromatic heterocycles. The van der Waals surface area contributed by atoms with Gasteiger partial charge in [-0.05, 0) is 44.5 Å². The van der Waals surface area contributed by atoms with Gasteiger partial charge >= 0.3 is 0 Å². The van der Waals surface area contributed by atoms with Gasteiger partial charge in [-0.1, -0.05) is 28.9 Å². The maximum Gasteiger partial charge on any atom is 0.276 e. The summed E-state index contributed by atoms with van der Waals surface area (Å²) in [5, 5.41) is 4.06. The Morgan fingerprint density at radius 2 is 1.90 bits per heavy atom. The van der Waals surface area contributed by atoms with E-state index < -0.39 is 0 Å². The van der Waals surface area contributed by atoms with Gasteiger partial charge in [0.25, 0.3) is 5.91 Å². The van der Waals surface area contributed by atoms with E-state index in [4.69, 9.17) is 9.26 Å². The van der Waals surface area contributed by atoms with E-state index in [1.807, 2.05) is 62.2 Å². The molecule has 162 valence electrons. The molecule has 1 aromatic carbocycles. The second-order valence-corrected chi connectivity index (χ2v) is 8.01. The molecule has 3 heterocycles. The van der Waals surface area contributed by atoms with Crippen molar-refractivity contribution in [2.45, 2.75) is 33.9 Å². The summed E-state index contributed by atoms with van der Waals surface area (Å²) in [5.41, 5.74) is 4.34. The number of carbonyl (C=O) groups is 1. The normalized spacial score (nSPS) is 14.6. The van der Waals surface area contributed by atoms with Crippen molar-refractivity contribution in [1.82, 2.24) is 19.9 Å². The Labute approximate surface area is 182 Å². The second-order valence-electron chi connectivity index (χ2n) is 8.01. The van der Waals surface area contributed by atoms with Gasteiger partial charge in [0.05, 0.1) is 11.3 Å². The maximum atomic E-state index is 13.1. The van der Waals surface area contributed by atoms with Crippen LogP contribution in [0.15, 0.2) is 47.1 Å². The van der Waals surface area contributed by atoms with Crippen LogP contribution in [0, 0.1) is 20.8 Å². The predicted molar refractivity (Wildman–Crippen MR) is 117 cm³/mol. The van der Waals surface area contributed by atoms with Crippen molar-refractivity contribution in [2.24, 2.45) is 0 Å². The highest BCUT2D eigenvalue weighted by molar-refractivity contribution is 5.93. The zero-order valence-electron chi connectivity index (χ0n) is 18.3. The zero-order chi connectivity index (χ0) is 21.8. The summed E-state index contributed by atoms with van der Waals surface area (Å²) in [7, 11) is 0. The fourth-order valence-corrected chi connectivity index (χ4v) is 3.82. The predicted octanol–water partition coefficient (Wildman–Crippen LogP) is 3.53. The van der Waals surface area contributed by atoms with E-state index in [2.05, 4.69) is 21.1 Å². The maximum absolute atomic E-state index is 13.1. The van der Waals surface area contributed by atoms with Gasteiger partial charge in [-0.3, -0.25) is 14.7 Å². The first kappa shape index (κ1) is 21.1. The van der Waals surface area contributed by atoms with Crippen LogP contribution in [0.1, 0.15) is 38.6 Å². The van der Waals surface area contributed by atoms with Crippen LogP contribution in [0.3, 0.4) is 0 Å². The monoisotopic (exact) mass is 420 g/mol. The molecule has 0 N–H and O–H groups in total. The Morgan fingerprint density at radius 3 is 2.61 bits per heavy atom. The lowest BCUT2D eigenvalue weighted by Crippen LogP contribution is -2.48. The van der Waals surface area contributed by atoms with E-state index in [9.17, 15) is 4.79 Å². The number of amides is 1. The Bertz CT molecular complexity index is 1040. The molecule has 1 aliphatic heterocycles. The molecule has 3 aromatic rings. The number of pyridine rings is 1. The fourth-order valence-electron chi connectivity index (χ4n) is 3.82. The number of hydrogen-bond acceptors (Lipinski definition) is 6. The summed E-state index contributed by atoms with van der Waals surface area (Å²) in [6, 6.07) is 12.0. The van der Waals surface area contributed by atoms with Gasteiger partial charge < -0.3 is 14.2 Å². The summed E-state index contributed by atoms with van der Waals surface area (Å²) >= 11 is 0. The second kappa shape index (κ2) is 9.31. The third-order valence-corrected chi connectivity index (χ3v) is 5.66. The quantitative estimate of drug-likeness (QED) is 0.608. The molecule has 0 saturated carbocycles. The van der Waals surface area contributed by atoms with Gasteiger partial charge in [0.15, 0.2) is 5.69 Å². The molecule has 1 aliphatic rings. The van der Waals surface area contributed by atoms with Crippen LogP contribution >= 0.6 is 0 Å². The third kappa shape index (κ3) is 4.94. The van der Waals surface area contributed by atoms with Crippen molar-refractivity contribution in [1.29, 1.82) is 0 Å². The lowest BCUT2D eigenvalue weighted by Gasteiger charge is -2.34. The highest BCUT2D eigenvalue weighted by Crippen LogP contribution is 2.23. The van der Waals surface area contributed by atoms with Crippen molar-refractivity contribution in [3.63, 3.8) is 0 Å². The molecular weight excluding hydrogens is 392 g/mol. The molecule has 0 unspecified atom stereocenters. The van der Waals surface area contributed by atoms with E-state index in [0.717, 1.165) is 36.6 Å². The smallest absolute Gasteiger partial charge is 0.276 e. The first-order valence-corrected chi connectivity index (χ1v) is 10.6. The van der Waals surface area contributed by atoms with Crippen molar-refractivity contribution < 1.29 is 14.1 Å². The molecule has 7 heteroatoms. The fraction of sp³-hybridized carbons (Fsp3) is 0.375. The molecule has 31 heavy (non-hydrogen) atoms. The lowest BCUT2D eigenvalue weighted by atomic mass is 10.1. The molecular formula is C24H28N4O3. The molecule has 7 nitrogen and oxygen atoms in total. The minimum absolute atomic E-state index is 0.103. The summed E-state index contributed by atoms with van der Waals surface area (Å²) < 4.78 is 11.3. The van der Waals surface area contributed by atoms with E-state index in [0.29, 0.717) is 30.1 Å². The lowest BCUT2D eigenvalue weighted by molar-refractivity contribution is 0.0615. The average molecular weight is 421 g/mol. The SMILES string of the molecule is Cc1ccc(OCc2c(C(=O)N3CCN(Cc4ccccn4)CC3)noc2C)c(C)c1. The van der Waals surface area contributed by atoms with Gasteiger partial charge in [-0.25, -0.2) is 0 Å². The van der Waals surface area contributed by atoms with Crippen LogP contribution < -0.4 is 4.74 Å². The third-order valence-electron chi connectivity index (χ3n) is 5.66. The Balaban J connectivity index is 1.38. The number of rotatable bonds is 6. The van der Waals surface area contributed by atoms with Crippen LogP contribution in [0.4, 0.5) is 0 Å². The molecule has 1 amide bonds. The molecule has 1 saturated heterocycles. The topological polar surface area (TPSA) is 71.7 Å². The first-order valence-electron chi connectivity index (χ1n) is 10.6. The standard InChI is InChI=1S/C24H28N4O3/c1-17-7-8-22(18(2)14-17)30-16-21-19(3)31-26-23(21)24(29)28-12-10-27(11-13-28)15-20-6-4-5-9-25-20/h4-9,14H,10-13,15-16H2,1-3H3. The van der Waals surface area contributed by atoms with Gasteiger partial charge in [0.2, 0.25) is 0 Å². The minimum Gasteiger partial charge on any atom is -0.488 e. The van der Waals surface area contributed by atoms with Crippen LogP contribution in [-0.2, 0) is 13.2 Å². The van der Waals surface area contributed by atoms with E-state index in [-0.39, 0.29) is 12.5 Å². The van der Waals surface area contributed by atoms with Crippen molar-refractivity contribution in [2.75, 3.05) is 26.2 Å². The Kier molecular flexibility index (Phi) is 6.32. The van der Waals surface area contributed by atoms with E-state index >= 15 is 0 Å². The number of hydrogen-bond donors (Lipinski definition) is 0. The molecule has 1 fully saturated rings. The summed E-state index contributed by atoms with van der Waals surface area (Å²) in [5.74, 6) is 1.31. The van der Waals surface area contributed by atoms with Crippen LogP contribution in [0.5, 0.6) is 5.75 Å². The molecule has 0 radical (unpaired) electrons. The highest BCUT2D eigenvalue weighted by atomic mass is 16.5. The van der Waals surface area contributed by atoms with E-state index in [1.54, 1.807) is 0 Å². The average Bonchev–Trinajstić information content (AvgIpc) is 3.14. The number of ether oxygens (including phenoxy) is 1. The van der Waals surface area contributed by atoms with Crippen molar-refractivity contribution >= 4 is 5.91 Å². The molecule has 4 rings (SSSR count). The Hall–Kier alpha value is -3.19. The van der Waals surface area contributed by atoms with Crippen molar-refractivity contribution in [3.8, 4) is 5.75 Å². The largest absolute Gasteiger partial charge is 0.488 e. The first-order chi connectivity index (χ1) is 15.0. The number of aromatic nitrogens is 2. The summed E-state index contributed by atoms with van der Waals surface area (Å²) in [6.45, 7) is 9.81. The zero-order valence-corrected chi connectivity index (χ0v) is 18.3. The molecule has 0 aliphatic carbocycles. The van der Waals surface area contributed by atoms with Gasteiger partial charge in [0.1, 0.15) is 18.1 Å². The van der Waals surface area contributed by atoms with Gasteiger partial charge in [0, 0.05) is 38.9 Å². The van der Waals surface area contributed by atoms with Gasteiger partial charge in [-0.2, -0.15) is 0 Å². The summed E-state index contributed by atoms with van der Waals surface area (Å²) in [4.78, 5) is 21.7.